The van der Waals surface area contributed by atoms with Gasteiger partial charge in [-0.25, -0.2) is 0 Å². The van der Waals surface area contributed by atoms with Crippen molar-refractivity contribution in [1.82, 2.24) is 0 Å². The zero-order valence-corrected chi connectivity index (χ0v) is 65.3. The van der Waals surface area contributed by atoms with Crippen LogP contribution in [0.4, 0.5) is 0 Å². The summed E-state index contributed by atoms with van der Waals surface area (Å²) in [6, 6.07) is 6.16. The lowest BCUT2D eigenvalue weighted by molar-refractivity contribution is -0.143. The number of halogens is 18. The van der Waals surface area contributed by atoms with Crippen molar-refractivity contribution in [3.05, 3.63) is 74.4 Å². The fraction of sp³-hybridized carbons (Fsp3) is 0.627. The Morgan fingerprint density at radius 2 is 0.865 bits per heavy atom. The van der Waals surface area contributed by atoms with Crippen LogP contribution in [0.3, 0.4) is 0 Å². The molecule has 3 rings (SSSR count). The predicted molar refractivity (Wildman–Crippen MR) is 377 cm³/mol. The number of ether oxygens (including phenoxy) is 6. The first kappa shape index (κ1) is 91.8. The molecule has 0 radical (unpaired) electrons. The monoisotopic (exact) mass is 1700 g/mol. The van der Waals surface area contributed by atoms with Gasteiger partial charge in [0.05, 0.1) is 57.8 Å². The number of thiol groups is 2. The lowest BCUT2D eigenvalue weighted by Crippen LogP contribution is -2.27. The molecule has 0 spiro atoms. The van der Waals surface area contributed by atoms with E-state index in [-0.39, 0.29) is 99.2 Å². The maximum atomic E-state index is 12.4. The van der Waals surface area contributed by atoms with Crippen LogP contribution in [0, 0.1) is 6.92 Å². The van der Waals surface area contributed by atoms with Gasteiger partial charge in [0.1, 0.15) is 6.29 Å². The van der Waals surface area contributed by atoms with Crippen LogP contribution in [-0.4, -0.2) is 146 Å². The number of carbonyl (C=O) groups is 5. The van der Waals surface area contributed by atoms with E-state index < -0.39 is 62.0 Å². The quantitative estimate of drug-likeness (QED) is 0.0158. The van der Waals surface area contributed by atoms with E-state index in [4.69, 9.17) is 247 Å². The summed E-state index contributed by atoms with van der Waals surface area (Å²) in [6.07, 6.45) is 0.806. The van der Waals surface area contributed by atoms with Gasteiger partial charge in [0.2, 0.25) is 43.2 Å². The van der Waals surface area contributed by atoms with Gasteiger partial charge in [0.25, 0.3) is 10.1 Å². The minimum Gasteiger partial charge on any atom is -0.392 e. The Bertz CT molecular complexity index is 2610. The van der Waals surface area contributed by atoms with Crippen LogP contribution in [0.1, 0.15) is 84.6 Å². The summed E-state index contributed by atoms with van der Waals surface area (Å²) in [5.74, 6) is 1.52. The molecule has 1 aromatic carbocycles. The van der Waals surface area contributed by atoms with E-state index in [2.05, 4.69) is 25.3 Å². The Hall–Kier alpha value is 2.78. The molecule has 38 heteroatoms. The predicted octanol–water partition coefficient (Wildman–Crippen LogP) is 18.0. The number of hydrogen-bond donors (Lipinski definition) is 3. The molecule has 0 aliphatic carbocycles. The highest BCUT2D eigenvalue weighted by atomic mass is 35.6. The van der Waals surface area contributed by atoms with E-state index in [1.54, 1.807) is 26.0 Å². The Kier molecular flexibility index (Phi) is 46.2. The molecule has 2 heterocycles. The molecular weight excluding hydrogens is 1650 g/mol. The van der Waals surface area contributed by atoms with Crippen LogP contribution < -0.4 is 0 Å². The molecule has 1 aromatic rings. The first-order chi connectivity index (χ1) is 40.6. The number of carbonyl (C=O) groups excluding carboxylic acids is 5. The van der Waals surface area contributed by atoms with Crippen LogP contribution in [0.2, 0.25) is 0 Å². The molecule has 0 saturated heterocycles. The lowest BCUT2D eigenvalue weighted by Gasteiger charge is -2.23. The van der Waals surface area contributed by atoms with Crippen molar-refractivity contribution in [3.8, 4) is 0 Å². The molecule has 15 nitrogen and oxygen atoms in total. The summed E-state index contributed by atoms with van der Waals surface area (Å²) in [5, 5.41) is 8.31. The smallest absolute Gasteiger partial charge is 0.297 e. The summed E-state index contributed by atoms with van der Waals surface area (Å²) in [6.45, 7) is 6.73. The van der Waals surface area contributed by atoms with Crippen molar-refractivity contribution < 1.29 is 70.1 Å². The summed E-state index contributed by atoms with van der Waals surface area (Å²) >= 11 is 112. The van der Waals surface area contributed by atoms with Crippen molar-refractivity contribution >= 4 is 294 Å². The number of aryl methyl sites for hydroxylation is 1. The van der Waals surface area contributed by atoms with Gasteiger partial charge >= 0.3 is 0 Å². The van der Waals surface area contributed by atoms with Gasteiger partial charge in [-0.3, -0.25) is 23.4 Å². The number of rotatable bonds is 31. The van der Waals surface area contributed by atoms with Crippen LogP contribution in [0.5, 0.6) is 0 Å². The van der Waals surface area contributed by atoms with E-state index in [0.29, 0.717) is 48.2 Å². The summed E-state index contributed by atoms with van der Waals surface area (Å²) in [4.78, 5) is 56.4. The van der Waals surface area contributed by atoms with Crippen molar-refractivity contribution in [2.75, 3.05) is 64.4 Å². The second-order valence-electron chi connectivity index (χ2n) is 18.7. The zero-order valence-electron chi connectivity index (χ0n) is 47.4. The number of benzene rings is 1. The Morgan fingerprint density at radius 1 is 0.551 bits per heavy atom. The lowest BCUT2D eigenvalue weighted by atomic mass is 10.1. The minimum absolute atomic E-state index is 0.0000668. The number of alkyl halides is 18. The Balaban J connectivity index is 0.00000122. The van der Waals surface area contributed by atoms with Crippen LogP contribution in [0.25, 0.3) is 0 Å². The van der Waals surface area contributed by atoms with Gasteiger partial charge in [-0.2, -0.15) is 8.42 Å². The van der Waals surface area contributed by atoms with E-state index >= 15 is 0 Å². The van der Waals surface area contributed by atoms with Gasteiger partial charge in [0, 0.05) is 59.5 Å². The largest absolute Gasteiger partial charge is 0.392 e. The molecule has 2 aliphatic rings. The standard InChI is InChI=1S/C19H22Cl6O6S2.C12H16Cl6O4S.C12H14Cl6O3S.C8H10O2S/c1-12-3-5-14(6-4-12)33(27,28)31-9-13(2)15(17(26)32)7-8-16(29-10-18(20,21)22)30-11-19(23,24)25;1-7(4-19)8(10(20)23)2-3-9(21-5-11(13,14)15)22-6-12(16,17)18;1-7-4-22-10(19)8(7)2-3-9(20-5-11(13,14)15)21-6-12(16,17)18;1-6-5-11-8(10)7(6)3-2-4-9/h3-6,16H,7-11H2,1-2H3,(H,26,32);9,19H,2-6H2,1H3,(H,20,23);9H,2-6H2,1H3;4H,2-3,5H2,1H3/b15-13-;8-7-;;. The summed E-state index contributed by atoms with van der Waals surface area (Å²) in [7, 11) is -4.02. The van der Waals surface area contributed by atoms with Gasteiger partial charge < -0.3 is 38.3 Å². The molecule has 512 valence electrons. The molecule has 0 saturated carbocycles. The van der Waals surface area contributed by atoms with Crippen molar-refractivity contribution in [3.63, 3.8) is 0 Å². The third-order valence-corrected chi connectivity index (χ3v) is 16.8. The maximum absolute atomic E-state index is 12.4. The maximum Gasteiger partial charge on any atom is 0.297 e. The highest BCUT2D eigenvalue weighted by Crippen LogP contribution is 2.36. The van der Waals surface area contributed by atoms with E-state index in [9.17, 15) is 32.4 Å². The Labute approximate surface area is 628 Å². The average molecular weight is 1710 g/mol. The molecule has 2 aliphatic heterocycles. The fourth-order valence-corrected chi connectivity index (χ4v) is 11.2. The van der Waals surface area contributed by atoms with Crippen LogP contribution in [-0.2, 0) is 66.7 Å². The van der Waals surface area contributed by atoms with Gasteiger partial charge in [-0.05, 0) is 83.6 Å². The van der Waals surface area contributed by atoms with Crippen molar-refractivity contribution in [1.29, 1.82) is 0 Å². The van der Waals surface area contributed by atoms with Crippen LogP contribution >= 0.6 is 258 Å². The molecule has 0 fully saturated rings. The number of hydrogen-bond acceptors (Lipinski definition) is 17. The molecule has 0 amide bonds. The van der Waals surface area contributed by atoms with Gasteiger partial charge in [-0.15, -0.1) is 25.3 Å². The first-order valence-corrected chi connectivity index (χ1v) is 36.3. The Morgan fingerprint density at radius 3 is 1.15 bits per heavy atom. The number of thioether (sulfide) groups is 2. The number of aliphatic hydroxyl groups is 1. The SMILES string of the molecule is C/C(CO)=C(\CCC(OCC(Cl)(Cl)Cl)OCC(Cl)(Cl)Cl)C(=O)S.C/C(COS(=O)(=O)c1ccc(C)cc1)=C(\CCC(OCC(Cl)(Cl)Cl)OCC(Cl)(Cl)Cl)C(=O)S.CC1=C(CCC(OCC(Cl)(Cl)Cl)OCC(Cl)(Cl)Cl)C(=O)SC1.CC1=C(CCC=O)C(=O)SC1. The van der Waals surface area contributed by atoms with E-state index in [1.807, 2.05) is 20.8 Å². The topological polar surface area (TPSA) is 204 Å². The second-order valence-corrected chi connectivity index (χ2v) is 38.1. The van der Waals surface area contributed by atoms with E-state index in [0.717, 1.165) is 39.9 Å². The molecule has 0 bridgehead atoms. The van der Waals surface area contributed by atoms with Gasteiger partial charge in [0.15, 0.2) is 18.9 Å². The highest BCUT2D eigenvalue weighted by Gasteiger charge is 2.31. The number of aliphatic hydroxyl groups excluding tert-OH is 1. The molecule has 1 N–H and O–H groups in total. The molecule has 89 heavy (non-hydrogen) atoms. The first-order valence-electron chi connectivity index (χ1n) is 25.2. The third kappa shape index (κ3) is 46.7. The number of aldehydes is 1. The minimum atomic E-state index is -4.02. The molecular formula is C51H62Cl18O15S5. The van der Waals surface area contributed by atoms with Crippen molar-refractivity contribution in [2.24, 2.45) is 0 Å². The molecule has 0 aromatic heterocycles. The zero-order chi connectivity index (χ0) is 68.9. The summed E-state index contributed by atoms with van der Waals surface area (Å²) in [5.41, 5.74) is 6.12. The fourth-order valence-electron chi connectivity index (χ4n) is 6.56. The van der Waals surface area contributed by atoms with E-state index in [1.165, 1.54) is 35.7 Å². The molecule has 0 atom stereocenters. The highest BCUT2D eigenvalue weighted by molar-refractivity contribution is 8.15. The third-order valence-electron chi connectivity index (χ3n) is 10.9. The normalized spacial score (nSPS) is 15.2. The second kappa shape index (κ2) is 44.8. The summed E-state index contributed by atoms with van der Waals surface area (Å²) < 4.78 is 52.3. The van der Waals surface area contributed by atoms with Gasteiger partial charge in [-0.1, -0.05) is 261 Å². The van der Waals surface area contributed by atoms with Crippen molar-refractivity contribution in [2.45, 2.75) is 133 Å². The molecule has 0 unspecified atom stereocenters. The average Bonchev–Trinajstić information content (AvgIpc) is 4.08. The van der Waals surface area contributed by atoms with Crippen LogP contribution in [0.15, 0.2) is 73.7 Å².